The van der Waals surface area contributed by atoms with Crippen LogP contribution in [0.15, 0.2) is 29.4 Å². The SMILES string of the molecule is Cc1ccccc1-c1nnc(SCC2(CO)COC2)n1C. The second kappa shape index (κ2) is 5.79. The number of nitrogens with zero attached hydrogens (tertiary/aromatic N) is 3. The van der Waals surface area contributed by atoms with Crippen molar-refractivity contribution in [1.82, 2.24) is 14.8 Å². The Labute approximate surface area is 128 Å². The summed E-state index contributed by atoms with van der Waals surface area (Å²) in [5.41, 5.74) is 2.17. The number of aliphatic hydroxyl groups excluding tert-OH is 1. The fourth-order valence-electron chi connectivity index (χ4n) is 2.33. The topological polar surface area (TPSA) is 60.2 Å². The van der Waals surface area contributed by atoms with Crippen LogP contribution >= 0.6 is 11.8 Å². The van der Waals surface area contributed by atoms with E-state index in [2.05, 4.69) is 29.3 Å². The molecule has 1 N–H and O–H groups in total. The largest absolute Gasteiger partial charge is 0.396 e. The van der Waals surface area contributed by atoms with Crippen molar-refractivity contribution in [3.63, 3.8) is 0 Å². The minimum Gasteiger partial charge on any atom is -0.396 e. The van der Waals surface area contributed by atoms with Crippen LogP contribution in [0.2, 0.25) is 0 Å². The molecule has 1 aliphatic heterocycles. The Kier molecular flexibility index (Phi) is 4.01. The predicted octanol–water partition coefficient (Wildman–Crippen LogP) is 1.89. The van der Waals surface area contributed by atoms with Crippen LogP contribution in [-0.4, -0.2) is 45.4 Å². The van der Waals surface area contributed by atoms with Gasteiger partial charge in [0, 0.05) is 23.8 Å². The Hall–Kier alpha value is -1.37. The summed E-state index contributed by atoms with van der Waals surface area (Å²) in [6.45, 7) is 3.48. The van der Waals surface area contributed by atoms with Gasteiger partial charge in [0.25, 0.3) is 0 Å². The van der Waals surface area contributed by atoms with Gasteiger partial charge >= 0.3 is 0 Å². The van der Waals surface area contributed by atoms with Crippen molar-refractivity contribution in [2.45, 2.75) is 12.1 Å². The first-order valence-electron chi connectivity index (χ1n) is 6.92. The van der Waals surface area contributed by atoms with Crippen molar-refractivity contribution in [3.8, 4) is 11.4 Å². The zero-order valence-corrected chi connectivity index (χ0v) is 13.1. The molecule has 6 heteroatoms. The lowest BCUT2D eigenvalue weighted by Gasteiger charge is -2.39. The molecule has 0 radical (unpaired) electrons. The van der Waals surface area contributed by atoms with Crippen molar-refractivity contribution in [2.24, 2.45) is 12.5 Å². The summed E-state index contributed by atoms with van der Waals surface area (Å²) in [7, 11) is 1.98. The second-order valence-electron chi connectivity index (χ2n) is 5.62. The highest BCUT2D eigenvalue weighted by Crippen LogP contribution is 2.34. The summed E-state index contributed by atoms with van der Waals surface area (Å²) >= 11 is 1.63. The molecule has 3 rings (SSSR count). The van der Waals surface area contributed by atoms with E-state index in [1.807, 2.05) is 23.7 Å². The zero-order valence-electron chi connectivity index (χ0n) is 12.2. The van der Waals surface area contributed by atoms with Crippen LogP contribution in [-0.2, 0) is 11.8 Å². The highest BCUT2D eigenvalue weighted by molar-refractivity contribution is 7.99. The molecule has 0 amide bonds. The first-order valence-corrected chi connectivity index (χ1v) is 7.91. The van der Waals surface area contributed by atoms with E-state index in [0.717, 1.165) is 22.3 Å². The van der Waals surface area contributed by atoms with E-state index in [4.69, 9.17) is 4.74 Å². The number of rotatable bonds is 5. The maximum Gasteiger partial charge on any atom is 0.191 e. The van der Waals surface area contributed by atoms with Crippen LogP contribution in [0.1, 0.15) is 5.56 Å². The van der Waals surface area contributed by atoms with Gasteiger partial charge in [-0.15, -0.1) is 10.2 Å². The fraction of sp³-hybridized carbons (Fsp3) is 0.467. The standard InChI is InChI=1S/C15H19N3O2S/c1-11-5-3-4-6-12(11)13-16-17-14(18(13)2)21-10-15(7-19)8-20-9-15/h3-6,19H,7-10H2,1-2H3. The lowest BCUT2D eigenvalue weighted by atomic mass is 9.90. The predicted molar refractivity (Wildman–Crippen MR) is 82.2 cm³/mol. The molecule has 0 aliphatic carbocycles. The van der Waals surface area contributed by atoms with E-state index in [0.29, 0.717) is 13.2 Å². The highest BCUT2D eigenvalue weighted by Gasteiger charge is 2.38. The summed E-state index contributed by atoms with van der Waals surface area (Å²) < 4.78 is 7.23. The minimum atomic E-state index is -0.112. The van der Waals surface area contributed by atoms with E-state index < -0.39 is 0 Å². The number of aromatic nitrogens is 3. The van der Waals surface area contributed by atoms with Crippen LogP contribution in [0.5, 0.6) is 0 Å². The Bertz CT molecular complexity index is 632. The molecule has 2 heterocycles. The smallest absolute Gasteiger partial charge is 0.191 e. The molecule has 1 aromatic heterocycles. The summed E-state index contributed by atoms with van der Waals surface area (Å²) in [6.07, 6.45) is 0. The monoisotopic (exact) mass is 305 g/mol. The molecule has 0 saturated carbocycles. The van der Waals surface area contributed by atoms with Crippen LogP contribution in [0.3, 0.4) is 0 Å². The van der Waals surface area contributed by atoms with Gasteiger partial charge in [0.15, 0.2) is 11.0 Å². The highest BCUT2D eigenvalue weighted by atomic mass is 32.2. The molecule has 5 nitrogen and oxygen atoms in total. The first kappa shape index (κ1) is 14.6. The summed E-state index contributed by atoms with van der Waals surface area (Å²) in [5.74, 6) is 1.67. The molecular weight excluding hydrogens is 286 g/mol. The number of ether oxygens (including phenoxy) is 1. The van der Waals surface area contributed by atoms with Crippen molar-refractivity contribution >= 4 is 11.8 Å². The Balaban J connectivity index is 1.78. The van der Waals surface area contributed by atoms with Gasteiger partial charge in [0.2, 0.25) is 0 Å². The fourth-order valence-corrected chi connectivity index (χ4v) is 3.40. The molecule has 2 aromatic rings. The molecule has 1 aliphatic rings. The third-order valence-electron chi connectivity index (χ3n) is 3.88. The lowest BCUT2D eigenvalue weighted by Crippen LogP contribution is -2.47. The van der Waals surface area contributed by atoms with Gasteiger partial charge in [-0.1, -0.05) is 36.0 Å². The van der Waals surface area contributed by atoms with E-state index in [-0.39, 0.29) is 12.0 Å². The Morgan fingerprint density at radius 3 is 2.71 bits per heavy atom. The van der Waals surface area contributed by atoms with Crippen molar-refractivity contribution in [1.29, 1.82) is 0 Å². The Morgan fingerprint density at radius 2 is 2.10 bits per heavy atom. The number of aliphatic hydroxyl groups is 1. The van der Waals surface area contributed by atoms with Crippen molar-refractivity contribution < 1.29 is 9.84 Å². The van der Waals surface area contributed by atoms with Gasteiger partial charge < -0.3 is 14.4 Å². The maximum atomic E-state index is 9.47. The number of hydrogen-bond donors (Lipinski definition) is 1. The van der Waals surface area contributed by atoms with Crippen molar-refractivity contribution in [2.75, 3.05) is 25.6 Å². The quantitative estimate of drug-likeness (QED) is 0.855. The normalized spacial score (nSPS) is 16.7. The number of aryl methyl sites for hydroxylation is 1. The molecule has 1 saturated heterocycles. The molecule has 0 bridgehead atoms. The van der Waals surface area contributed by atoms with Gasteiger partial charge in [-0.05, 0) is 12.5 Å². The van der Waals surface area contributed by atoms with Gasteiger partial charge in [-0.25, -0.2) is 0 Å². The lowest BCUT2D eigenvalue weighted by molar-refractivity contribution is -0.121. The van der Waals surface area contributed by atoms with Gasteiger partial charge in [-0.3, -0.25) is 0 Å². The molecule has 0 spiro atoms. The molecule has 1 aromatic carbocycles. The Morgan fingerprint density at radius 1 is 1.33 bits per heavy atom. The molecule has 0 atom stereocenters. The first-order chi connectivity index (χ1) is 10.2. The van der Waals surface area contributed by atoms with Crippen LogP contribution < -0.4 is 0 Å². The van der Waals surface area contributed by atoms with Crippen LogP contribution in [0, 0.1) is 12.3 Å². The van der Waals surface area contributed by atoms with E-state index in [1.54, 1.807) is 11.8 Å². The van der Waals surface area contributed by atoms with E-state index >= 15 is 0 Å². The minimum absolute atomic E-state index is 0.112. The number of thioether (sulfide) groups is 1. The molecule has 0 unspecified atom stereocenters. The van der Waals surface area contributed by atoms with Gasteiger partial charge in [-0.2, -0.15) is 0 Å². The van der Waals surface area contributed by atoms with Gasteiger partial charge in [0.1, 0.15) is 0 Å². The number of hydrogen-bond acceptors (Lipinski definition) is 5. The third kappa shape index (κ3) is 2.71. The average molecular weight is 305 g/mol. The molecular formula is C15H19N3O2S. The number of benzene rings is 1. The van der Waals surface area contributed by atoms with Crippen molar-refractivity contribution in [3.05, 3.63) is 29.8 Å². The molecule has 1 fully saturated rings. The molecule has 112 valence electrons. The van der Waals surface area contributed by atoms with Gasteiger partial charge in [0.05, 0.1) is 19.8 Å². The second-order valence-corrected chi connectivity index (χ2v) is 6.56. The van der Waals surface area contributed by atoms with Crippen LogP contribution in [0.4, 0.5) is 0 Å². The maximum absolute atomic E-state index is 9.47. The van der Waals surface area contributed by atoms with E-state index in [9.17, 15) is 5.11 Å². The summed E-state index contributed by atoms with van der Waals surface area (Å²) in [5, 5.41) is 18.9. The zero-order chi connectivity index (χ0) is 14.9. The van der Waals surface area contributed by atoms with E-state index in [1.165, 1.54) is 5.56 Å². The summed E-state index contributed by atoms with van der Waals surface area (Å²) in [4.78, 5) is 0. The third-order valence-corrected chi connectivity index (χ3v) is 5.25. The summed E-state index contributed by atoms with van der Waals surface area (Å²) in [6, 6.07) is 8.16. The average Bonchev–Trinajstić information content (AvgIpc) is 2.80. The van der Waals surface area contributed by atoms with Crippen LogP contribution in [0.25, 0.3) is 11.4 Å². The molecule has 21 heavy (non-hydrogen) atoms.